The molecule has 1 N–H and O–H groups in total. The average Bonchev–Trinajstić information content (AvgIpc) is 2.78. The maximum absolute atomic E-state index is 13.1. The molecule has 100 valence electrons. The number of rotatable bonds is 3. The number of nitrogens with zero attached hydrogens (tertiary/aromatic N) is 2. The first-order valence-corrected chi connectivity index (χ1v) is 6.85. The Morgan fingerprint density at radius 3 is 2.84 bits per heavy atom. The Hall–Kier alpha value is -1.68. The lowest BCUT2D eigenvalue weighted by molar-refractivity contribution is 0.617. The summed E-state index contributed by atoms with van der Waals surface area (Å²) in [7, 11) is 0. The van der Waals surface area contributed by atoms with E-state index in [9.17, 15) is 4.39 Å². The number of benzene rings is 1. The minimum Gasteiger partial charge on any atom is -0.311 e. The van der Waals surface area contributed by atoms with Crippen LogP contribution in [0, 0.1) is 5.82 Å². The van der Waals surface area contributed by atoms with Crippen molar-refractivity contribution >= 4 is 0 Å². The standard InChI is InChI=1S/C15H18FN3/c1-2-3-15-18-13-10-17-9-8-14(13)19(15)12-6-4-11(16)5-7-12/h4-7,17H,2-3,8-10H2,1H3. The molecule has 0 saturated heterocycles. The number of nitrogens with one attached hydrogen (secondary N) is 1. The summed E-state index contributed by atoms with van der Waals surface area (Å²) < 4.78 is 15.3. The van der Waals surface area contributed by atoms with Gasteiger partial charge in [-0.2, -0.15) is 0 Å². The van der Waals surface area contributed by atoms with Crippen molar-refractivity contribution in [1.82, 2.24) is 14.9 Å². The summed E-state index contributed by atoms with van der Waals surface area (Å²) in [5.41, 5.74) is 3.42. The van der Waals surface area contributed by atoms with Crippen LogP contribution < -0.4 is 5.32 Å². The van der Waals surface area contributed by atoms with Gasteiger partial charge in [0, 0.05) is 37.3 Å². The van der Waals surface area contributed by atoms with Crippen molar-refractivity contribution in [3.63, 3.8) is 0 Å². The molecule has 1 aliphatic heterocycles. The molecule has 0 aliphatic carbocycles. The maximum Gasteiger partial charge on any atom is 0.123 e. The van der Waals surface area contributed by atoms with Gasteiger partial charge in [0.2, 0.25) is 0 Å². The molecule has 0 saturated carbocycles. The minimum atomic E-state index is -0.198. The molecule has 19 heavy (non-hydrogen) atoms. The molecular weight excluding hydrogens is 241 g/mol. The van der Waals surface area contributed by atoms with Crippen LogP contribution in [0.25, 0.3) is 5.69 Å². The predicted molar refractivity (Wildman–Crippen MR) is 72.9 cm³/mol. The summed E-state index contributed by atoms with van der Waals surface area (Å²) in [6.07, 6.45) is 2.98. The van der Waals surface area contributed by atoms with Gasteiger partial charge in [-0.3, -0.25) is 0 Å². The zero-order valence-corrected chi connectivity index (χ0v) is 11.1. The second-order valence-corrected chi connectivity index (χ2v) is 4.91. The van der Waals surface area contributed by atoms with E-state index in [1.54, 1.807) is 0 Å². The van der Waals surface area contributed by atoms with Gasteiger partial charge in [0.1, 0.15) is 11.6 Å². The summed E-state index contributed by atoms with van der Waals surface area (Å²) >= 11 is 0. The lowest BCUT2D eigenvalue weighted by atomic mass is 10.1. The fourth-order valence-electron chi connectivity index (χ4n) is 2.65. The van der Waals surface area contributed by atoms with Gasteiger partial charge in [-0.25, -0.2) is 9.37 Å². The molecule has 0 amide bonds. The monoisotopic (exact) mass is 259 g/mol. The number of hydrogen-bond donors (Lipinski definition) is 1. The second-order valence-electron chi connectivity index (χ2n) is 4.91. The van der Waals surface area contributed by atoms with Gasteiger partial charge >= 0.3 is 0 Å². The highest BCUT2D eigenvalue weighted by molar-refractivity contribution is 5.38. The summed E-state index contributed by atoms with van der Waals surface area (Å²) in [4.78, 5) is 4.75. The smallest absolute Gasteiger partial charge is 0.123 e. The van der Waals surface area contributed by atoms with E-state index < -0.39 is 0 Å². The quantitative estimate of drug-likeness (QED) is 0.918. The highest BCUT2D eigenvalue weighted by Crippen LogP contribution is 2.22. The summed E-state index contributed by atoms with van der Waals surface area (Å²) in [5.74, 6) is 0.888. The molecule has 0 radical (unpaired) electrons. The molecule has 0 atom stereocenters. The Bertz CT molecular complexity index is 572. The van der Waals surface area contributed by atoms with Crippen molar-refractivity contribution in [2.45, 2.75) is 32.7 Å². The summed E-state index contributed by atoms with van der Waals surface area (Å²) in [5, 5.41) is 3.35. The fourth-order valence-corrected chi connectivity index (χ4v) is 2.65. The highest BCUT2D eigenvalue weighted by Gasteiger charge is 2.20. The van der Waals surface area contributed by atoms with Gasteiger partial charge < -0.3 is 9.88 Å². The molecular formula is C15H18FN3. The van der Waals surface area contributed by atoms with E-state index in [0.717, 1.165) is 49.6 Å². The largest absolute Gasteiger partial charge is 0.311 e. The number of hydrogen-bond acceptors (Lipinski definition) is 2. The van der Waals surface area contributed by atoms with Crippen LogP contribution in [-0.2, 0) is 19.4 Å². The Morgan fingerprint density at radius 1 is 1.32 bits per heavy atom. The molecule has 3 nitrogen and oxygen atoms in total. The van der Waals surface area contributed by atoms with Gasteiger partial charge in [0.25, 0.3) is 0 Å². The lowest BCUT2D eigenvalue weighted by Gasteiger charge is -2.16. The molecule has 0 fully saturated rings. The molecule has 1 aromatic heterocycles. The summed E-state index contributed by atoms with van der Waals surface area (Å²) in [6, 6.07) is 6.69. The van der Waals surface area contributed by atoms with Crippen LogP contribution in [0.2, 0.25) is 0 Å². The van der Waals surface area contributed by atoms with Crippen LogP contribution in [0.1, 0.15) is 30.6 Å². The fraction of sp³-hybridized carbons (Fsp3) is 0.400. The molecule has 0 bridgehead atoms. The van der Waals surface area contributed by atoms with Crippen LogP contribution in [0.5, 0.6) is 0 Å². The van der Waals surface area contributed by atoms with Gasteiger partial charge in [-0.05, 0) is 30.7 Å². The second kappa shape index (κ2) is 5.13. The zero-order valence-electron chi connectivity index (χ0n) is 11.1. The van der Waals surface area contributed by atoms with Crippen molar-refractivity contribution < 1.29 is 4.39 Å². The Morgan fingerprint density at radius 2 is 2.11 bits per heavy atom. The molecule has 4 heteroatoms. The Kier molecular flexibility index (Phi) is 3.34. The molecule has 0 spiro atoms. The van der Waals surface area contributed by atoms with Crippen LogP contribution in [-0.4, -0.2) is 16.1 Å². The van der Waals surface area contributed by atoms with E-state index in [0.29, 0.717) is 0 Å². The normalized spacial score (nSPS) is 14.4. The van der Waals surface area contributed by atoms with Crippen molar-refractivity contribution in [2.24, 2.45) is 0 Å². The molecule has 2 aromatic rings. The van der Waals surface area contributed by atoms with Gasteiger partial charge in [-0.15, -0.1) is 0 Å². The van der Waals surface area contributed by atoms with Crippen molar-refractivity contribution in [2.75, 3.05) is 6.54 Å². The first kappa shape index (κ1) is 12.4. The van der Waals surface area contributed by atoms with E-state index in [2.05, 4.69) is 16.8 Å². The van der Waals surface area contributed by atoms with E-state index in [-0.39, 0.29) is 5.82 Å². The van der Waals surface area contributed by atoms with Gasteiger partial charge in [0.05, 0.1) is 5.69 Å². The lowest BCUT2D eigenvalue weighted by Crippen LogP contribution is -2.24. The maximum atomic E-state index is 13.1. The van der Waals surface area contributed by atoms with Crippen LogP contribution in [0.3, 0.4) is 0 Å². The molecule has 1 aliphatic rings. The van der Waals surface area contributed by atoms with Crippen molar-refractivity contribution in [3.05, 3.63) is 47.3 Å². The number of fused-ring (bicyclic) bond motifs is 1. The third kappa shape index (κ3) is 2.28. The van der Waals surface area contributed by atoms with Crippen LogP contribution in [0.4, 0.5) is 4.39 Å². The SMILES string of the molecule is CCCc1nc2c(n1-c1ccc(F)cc1)CCNC2. The topological polar surface area (TPSA) is 29.9 Å². The Labute approximate surface area is 112 Å². The number of aryl methyl sites for hydroxylation is 1. The molecule has 2 heterocycles. The van der Waals surface area contributed by atoms with Crippen LogP contribution >= 0.6 is 0 Å². The summed E-state index contributed by atoms with van der Waals surface area (Å²) in [6.45, 7) is 3.96. The minimum absolute atomic E-state index is 0.198. The third-order valence-corrected chi connectivity index (χ3v) is 3.51. The first-order valence-electron chi connectivity index (χ1n) is 6.85. The Balaban J connectivity index is 2.11. The molecule has 3 rings (SSSR count). The van der Waals surface area contributed by atoms with E-state index >= 15 is 0 Å². The number of imidazole rings is 1. The third-order valence-electron chi connectivity index (χ3n) is 3.51. The molecule has 0 unspecified atom stereocenters. The van der Waals surface area contributed by atoms with E-state index in [1.807, 2.05) is 12.1 Å². The van der Waals surface area contributed by atoms with Crippen molar-refractivity contribution in [1.29, 1.82) is 0 Å². The van der Waals surface area contributed by atoms with E-state index in [1.165, 1.54) is 17.8 Å². The average molecular weight is 259 g/mol. The van der Waals surface area contributed by atoms with Gasteiger partial charge in [0.15, 0.2) is 0 Å². The number of aromatic nitrogens is 2. The zero-order chi connectivity index (χ0) is 13.2. The predicted octanol–water partition coefficient (Wildman–Crippen LogP) is 2.61. The number of halogens is 1. The molecule has 1 aromatic carbocycles. The highest BCUT2D eigenvalue weighted by atomic mass is 19.1. The van der Waals surface area contributed by atoms with Gasteiger partial charge in [-0.1, -0.05) is 6.92 Å². The first-order chi connectivity index (χ1) is 9.29. The van der Waals surface area contributed by atoms with Crippen molar-refractivity contribution in [3.8, 4) is 5.69 Å². The van der Waals surface area contributed by atoms with E-state index in [4.69, 9.17) is 4.98 Å². The van der Waals surface area contributed by atoms with Crippen LogP contribution in [0.15, 0.2) is 24.3 Å².